The molecule has 4 heteroatoms. The first-order valence-electron chi connectivity index (χ1n) is 4.22. The Morgan fingerprint density at radius 2 is 2.17 bits per heavy atom. The monoisotopic (exact) mass is 174 g/mol. The lowest BCUT2D eigenvalue weighted by Gasteiger charge is -2.14. The molecule has 0 fully saturated rings. The molecule has 4 N–H and O–H groups in total. The van der Waals surface area contributed by atoms with Gasteiger partial charge in [-0.3, -0.25) is 4.79 Å². The Morgan fingerprint density at radius 1 is 1.58 bits per heavy atom. The van der Waals surface area contributed by atoms with Crippen molar-refractivity contribution in [3.8, 4) is 0 Å². The van der Waals surface area contributed by atoms with Crippen molar-refractivity contribution in [2.75, 3.05) is 6.54 Å². The second-order valence-corrected chi connectivity index (χ2v) is 3.16. The Bertz CT molecular complexity index is 137. The van der Waals surface area contributed by atoms with Crippen LogP contribution in [0.3, 0.4) is 0 Å². The van der Waals surface area contributed by atoms with Gasteiger partial charge < -0.3 is 16.2 Å². The molecule has 0 aliphatic heterocycles. The molecule has 0 aromatic carbocycles. The van der Waals surface area contributed by atoms with Crippen LogP contribution in [0.25, 0.3) is 0 Å². The van der Waals surface area contributed by atoms with Crippen molar-refractivity contribution >= 4 is 5.91 Å². The molecule has 2 atom stereocenters. The first-order chi connectivity index (χ1) is 5.52. The molecule has 0 bridgehead atoms. The van der Waals surface area contributed by atoms with Gasteiger partial charge in [-0.15, -0.1) is 0 Å². The van der Waals surface area contributed by atoms with Gasteiger partial charge in [0.25, 0.3) is 0 Å². The Balaban J connectivity index is 3.31. The third-order valence-corrected chi connectivity index (χ3v) is 1.56. The minimum atomic E-state index is -0.305. The van der Waals surface area contributed by atoms with E-state index >= 15 is 0 Å². The fraction of sp³-hybridized carbons (Fsp3) is 0.875. The van der Waals surface area contributed by atoms with Crippen LogP contribution in [0.2, 0.25) is 0 Å². The zero-order chi connectivity index (χ0) is 9.56. The molecule has 0 rings (SSSR count). The zero-order valence-corrected chi connectivity index (χ0v) is 7.71. The van der Waals surface area contributed by atoms with E-state index in [4.69, 9.17) is 10.8 Å². The molecule has 0 aromatic rings. The number of nitrogens with one attached hydrogen (secondary N) is 1. The SMILES string of the molecule is CC(O)CC(C)NCCC(N)=O. The summed E-state index contributed by atoms with van der Waals surface area (Å²) in [6, 6.07) is 0.226. The fourth-order valence-electron chi connectivity index (χ4n) is 1.04. The van der Waals surface area contributed by atoms with Gasteiger partial charge in [-0.25, -0.2) is 0 Å². The number of hydrogen-bond donors (Lipinski definition) is 3. The number of rotatable bonds is 6. The molecular weight excluding hydrogens is 156 g/mol. The first kappa shape index (κ1) is 11.4. The molecule has 1 amide bonds. The number of carbonyl (C=O) groups is 1. The second-order valence-electron chi connectivity index (χ2n) is 3.16. The van der Waals surface area contributed by atoms with Crippen LogP contribution in [0, 0.1) is 0 Å². The summed E-state index contributed by atoms with van der Waals surface area (Å²) in [5.74, 6) is -0.299. The molecule has 0 aliphatic carbocycles. The van der Waals surface area contributed by atoms with E-state index in [-0.39, 0.29) is 18.1 Å². The number of aliphatic hydroxyl groups excluding tert-OH is 1. The van der Waals surface area contributed by atoms with E-state index in [9.17, 15) is 4.79 Å². The predicted molar refractivity (Wildman–Crippen MR) is 47.6 cm³/mol. The first-order valence-corrected chi connectivity index (χ1v) is 4.22. The Morgan fingerprint density at radius 3 is 2.58 bits per heavy atom. The van der Waals surface area contributed by atoms with Gasteiger partial charge in [-0.1, -0.05) is 0 Å². The van der Waals surface area contributed by atoms with Gasteiger partial charge in [-0.2, -0.15) is 0 Å². The molecule has 0 radical (unpaired) electrons. The van der Waals surface area contributed by atoms with E-state index in [0.717, 1.165) is 0 Å². The summed E-state index contributed by atoms with van der Waals surface area (Å²) >= 11 is 0. The highest BCUT2D eigenvalue weighted by atomic mass is 16.3. The second kappa shape index (κ2) is 5.97. The molecule has 12 heavy (non-hydrogen) atoms. The van der Waals surface area contributed by atoms with Crippen molar-refractivity contribution in [3.05, 3.63) is 0 Å². The van der Waals surface area contributed by atoms with Crippen LogP contribution in [0.1, 0.15) is 26.7 Å². The lowest BCUT2D eigenvalue weighted by molar-refractivity contribution is -0.117. The van der Waals surface area contributed by atoms with Crippen LogP contribution < -0.4 is 11.1 Å². The minimum Gasteiger partial charge on any atom is -0.393 e. The van der Waals surface area contributed by atoms with Crippen LogP contribution in [0.15, 0.2) is 0 Å². The highest BCUT2D eigenvalue weighted by Gasteiger charge is 2.04. The molecule has 72 valence electrons. The van der Waals surface area contributed by atoms with Gasteiger partial charge in [0.2, 0.25) is 5.91 Å². The number of primary amides is 1. The molecular formula is C8H18N2O2. The molecule has 0 spiro atoms. The molecule has 0 heterocycles. The number of aliphatic hydroxyl groups is 1. The number of carbonyl (C=O) groups excluding carboxylic acids is 1. The van der Waals surface area contributed by atoms with E-state index in [1.807, 2.05) is 6.92 Å². The van der Waals surface area contributed by atoms with Crippen molar-refractivity contribution in [1.29, 1.82) is 0 Å². The van der Waals surface area contributed by atoms with Gasteiger partial charge >= 0.3 is 0 Å². The Labute approximate surface area is 73.1 Å². The van der Waals surface area contributed by atoms with Crippen molar-refractivity contribution < 1.29 is 9.90 Å². The van der Waals surface area contributed by atoms with Crippen LogP contribution >= 0.6 is 0 Å². The molecule has 2 unspecified atom stereocenters. The van der Waals surface area contributed by atoms with Gasteiger partial charge in [0.15, 0.2) is 0 Å². The van der Waals surface area contributed by atoms with E-state index in [2.05, 4.69) is 5.32 Å². The number of amides is 1. The van der Waals surface area contributed by atoms with E-state index in [1.165, 1.54) is 0 Å². The predicted octanol–water partition coefficient (Wildman–Crippen LogP) is -0.389. The third-order valence-electron chi connectivity index (χ3n) is 1.56. The highest BCUT2D eigenvalue weighted by molar-refractivity contribution is 5.73. The summed E-state index contributed by atoms with van der Waals surface area (Å²) in [6.45, 7) is 4.29. The molecule has 0 aromatic heterocycles. The third kappa shape index (κ3) is 7.50. The smallest absolute Gasteiger partial charge is 0.218 e. The maximum Gasteiger partial charge on any atom is 0.218 e. The lowest BCUT2D eigenvalue weighted by Crippen LogP contribution is -2.32. The lowest BCUT2D eigenvalue weighted by atomic mass is 10.1. The Hall–Kier alpha value is -0.610. The molecule has 0 aliphatic rings. The minimum absolute atomic E-state index is 0.226. The van der Waals surface area contributed by atoms with Gasteiger partial charge in [-0.05, 0) is 20.3 Å². The summed E-state index contributed by atoms with van der Waals surface area (Å²) in [5, 5.41) is 12.1. The number of hydrogen-bond acceptors (Lipinski definition) is 3. The number of nitrogens with two attached hydrogens (primary N) is 1. The van der Waals surface area contributed by atoms with Crippen LogP contribution in [-0.2, 0) is 4.79 Å². The highest BCUT2D eigenvalue weighted by Crippen LogP contribution is 1.95. The maximum atomic E-state index is 10.3. The van der Waals surface area contributed by atoms with E-state index in [1.54, 1.807) is 6.92 Å². The molecule has 4 nitrogen and oxygen atoms in total. The van der Waals surface area contributed by atoms with Crippen molar-refractivity contribution in [1.82, 2.24) is 5.32 Å². The quantitative estimate of drug-likeness (QED) is 0.513. The van der Waals surface area contributed by atoms with Gasteiger partial charge in [0.1, 0.15) is 0 Å². The largest absolute Gasteiger partial charge is 0.393 e. The van der Waals surface area contributed by atoms with Crippen molar-refractivity contribution in [3.63, 3.8) is 0 Å². The van der Waals surface area contributed by atoms with Crippen molar-refractivity contribution in [2.45, 2.75) is 38.8 Å². The summed E-state index contributed by atoms with van der Waals surface area (Å²) < 4.78 is 0. The van der Waals surface area contributed by atoms with Gasteiger partial charge in [0, 0.05) is 19.0 Å². The van der Waals surface area contributed by atoms with Crippen molar-refractivity contribution in [2.24, 2.45) is 5.73 Å². The van der Waals surface area contributed by atoms with Gasteiger partial charge in [0.05, 0.1) is 6.10 Å². The normalized spacial score (nSPS) is 15.6. The van der Waals surface area contributed by atoms with Crippen LogP contribution in [-0.4, -0.2) is 29.7 Å². The fourth-order valence-corrected chi connectivity index (χ4v) is 1.04. The van der Waals surface area contributed by atoms with Crippen LogP contribution in [0.4, 0.5) is 0 Å². The average Bonchev–Trinajstić information content (AvgIpc) is 1.84. The summed E-state index contributed by atoms with van der Waals surface area (Å²) in [4.78, 5) is 10.3. The summed E-state index contributed by atoms with van der Waals surface area (Å²) in [7, 11) is 0. The summed E-state index contributed by atoms with van der Waals surface area (Å²) in [5.41, 5.74) is 4.95. The maximum absolute atomic E-state index is 10.3. The average molecular weight is 174 g/mol. The summed E-state index contributed by atoms with van der Waals surface area (Å²) in [6.07, 6.45) is 0.740. The Kier molecular flexibility index (Phi) is 5.66. The van der Waals surface area contributed by atoms with E-state index < -0.39 is 0 Å². The molecule has 0 saturated heterocycles. The standard InChI is InChI=1S/C8H18N2O2/c1-6(5-7(2)11)10-4-3-8(9)12/h6-7,10-11H,3-5H2,1-2H3,(H2,9,12). The van der Waals surface area contributed by atoms with Crippen LogP contribution in [0.5, 0.6) is 0 Å². The zero-order valence-electron chi connectivity index (χ0n) is 7.71. The topological polar surface area (TPSA) is 75.3 Å². The van der Waals surface area contributed by atoms with E-state index in [0.29, 0.717) is 19.4 Å². The molecule has 0 saturated carbocycles.